The number of nitrogens with zero attached hydrogens (tertiary/aromatic N) is 2. The predicted molar refractivity (Wildman–Crippen MR) is 56.6 cm³/mol. The molecule has 15 heavy (non-hydrogen) atoms. The quantitative estimate of drug-likeness (QED) is 0.687. The lowest BCUT2D eigenvalue weighted by Crippen LogP contribution is -2.66. The number of rotatable bonds is 1. The van der Waals surface area contributed by atoms with E-state index in [1.807, 2.05) is 24.3 Å². The Balaban J connectivity index is 1.81. The van der Waals surface area contributed by atoms with Gasteiger partial charge in [-0.1, -0.05) is 12.1 Å². The van der Waals surface area contributed by atoms with Gasteiger partial charge in [0.15, 0.2) is 0 Å². The summed E-state index contributed by atoms with van der Waals surface area (Å²) in [5, 5.41) is 8.99. The maximum Gasteiger partial charge on any atom is 0.101 e. The Hall–Kier alpha value is -1.53. The summed E-state index contributed by atoms with van der Waals surface area (Å²) in [5.74, 6) is 0. The zero-order valence-corrected chi connectivity index (χ0v) is 8.44. The summed E-state index contributed by atoms with van der Waals surface area (Å²) in [6.07, 6.45) is 0. The van der Waals surface area contributed by atoms with Gasteiger partial charge in [0.2, 0.25) is 0 Å². The van der Waals surface area contributed by atoms with Crippen LogP contribution < -0.4 is 4.90 Å². The van der Waals surface area contributed by atoms with Crippen LogP contribution in [0.4, 0.5) is 5.69 Å². The third-order valence-electron chi connectivity index (χ3n) is 3.23. The highest BCUT2D eigenvalue weighted by Crippen LogP contribution is 2.40. The molecular formula is C12H12N2O. The summed E-state index contributed by atoms with van der Waals surface area (Å²) in [4.78, 5) is 2.26. The molecular weight excluding hydrogens is 188 g/mol. The zero-order valence-electron chi connectivity index (χ0n) is 8.44. The fourth-order valence-electron chi connectivity index (χ4n) is 2.35. The van der Waals surface area contributed by atoms with Crippen LogP contribution in [-0.4, -0.2) is 26.3 Å². The van der Waals surface area contributed by atoms with E-state index in [2.05, 4.69) is 11.0 Å². The van der Waals surface area contributed by atoms with Crippen molar-refractivity contribution in [3.05, 3.63) is 29.8 Å². The zero-order chi connectivity index (χ0) is 10.3. The molecule has 0 radical (unpaired) electrons. The molecule has 3 rings (SSSR count). The molecule has 0 atom stereocenters. The smallest absolute Gasteiger partial charge is 0.101 e. The minimum absolute atomic E-state index is 0.405. The van der Waals surface area contributed by atoms with Crippen molar-refractivity contribution in [3.8, 4) is 6.07 Å². The van der Waals surface area contributed by atoms with E-state index in [0.717, 1.165) is 37.6 Å². The van der Waals surface area contributed by atoms with E-state index in [-0.39, 0.29) is 0 Å². The molecule has 0 saturated carbocycles. The van der Waals surface area contributed by atoms with Gasteiger partial charge in [0.1, 0.15) is 6.07 Å². The maximum atomic E-state index is 8.99. The molecule has 76 valence electrons. The molecule has 2 fully saturated rings. The Labute approximate surface area is 88.9 Å². The molecule has 3 nitrogen and oxygen atoms in total. The highest BCUT2D eigenvalue weighted by atomic mass is 16.5. The fourth-order valence-corrected chi connectivity index (χ4v) is 2.35. The van der Waals surface area contributed by atoms with Gasteiger partial charge in [0.25, 0.3) is 0 Å². The Bertz CT molecular complexity index is 423. The van der Waals surface area contributed by atoms with Gasteiger partial charge in [-0.2, -0.15) is 5.26 Å². The van der Waals surface area contributed by atoms with E-state index in [0.29, 0.717) is 5.41 Å². The topological polar surface area (TPSA) is 36.3 Å². The van der Waals surface area contributed by atoms with Crippen LogP contribution in [-0.2, 0) is 4.74 Å². The van der Waals surface area contributed by atoms with Crippen LogP contribution in [0.2, 0.25) is 0 Å². The van der Waals surface area contributed by atoms with Gasteiger partial charge in [0, 0.05) is 13.1 Å². The molecule has 2 aliphatic rings. The molecule has 0 N–H and O–H groups in total. The van der Waals surface area contributed by atoms with E-state index in [4.69, 9.17) is 10.00 Å². The molecule has 1 aromatic carbocycles. The second-order valence-corrected chi connectivity index (χ2v) is 4.48. The van der Waals surface area contributed by atoms with E-state index < -0.39 is 0 Å². The molecule has 2 saturated heterocycles. The molecule has 0 aromatic heterocycles. The first-order valence-corrected chi connectivity index (χ1v) is 5.15. The lowest BCUT2D eigenvalue weighted by molar-refractivity contribution is -0.127. The summed E-state index contributed by atoms with van der Waals surface area (Å²) in [7, 11) is 0. The molecule has 1 aromatic rings. The monoisotopic (exact) mass is 200 g/mol. The highest BCUT2D eigenvalue weighted by Gasteiger charge is 2.49. The van der Waals surface area contributed by atoms with E-state index in [1.54, 1.807) is 0 Å². The minimum Gasteiger partial charge on any atom is -0.380 e. The van der Waals surface area contributed by atoms with Crippen LogP contribution in [0.1, 0.15) is 5.56 Å². The average molecular weight is 200 g/mol. The van der Waals surface area contributed by atoms with Crippen molar-refractivity contribution in [1.29, 1.82) is 5.26 Å². The Kier molecular flexibility index (Phi) is 1.74. The standard InChI is InChI=1S/C12H12N2O/c13-5-10-3-1-2-4-11(10)14-6-12(7-14)8-15-9-12/h1-4H,6-9H2. The van der Waals surface area contributed by atoms with Gasteiger partial charge in [-0.3, -0.25) is 0 Å². The Morgan fingerprint density at radius 2 is 2.00 bits per heavy atom. The number of anilines is 1. The van der Waals surface area contributed by atoms with E-state index in [9.17, 15) is 0 Å². The SMILES string of the molecule is N#Cc1ccccc1N1CC2(COC2)C1. The highest BCUT2D eigenvalue weighted by molar-refractivity contribution is 5.61. The number of nitriles is 1. The van der Waals surface area contributed by atoms with Gasteiger partial charge in [0.05, 0.1) is 29.9 Å². The van der Waals surface area contributed by atoms with Crippen LogP contribution in [0.25, 0.3) is 0 Å². The van der Waals surface area contributed by atoms with Crippen molar-refractivity contribution in [2.75, 3.05) is 31.2 Å². The van der Waals surface area contributed by atoms with Crippen molar-refractivity contribution < 1.29 is 4.74 Å². The van der Waals surface area contributed by atoms with Crippen molar-refractivity contribution in [3.63, 3.8) is 0 Å². The molecule has 2 aliphatic heterocycles. The minimum atomic E-state index is 0.405. The summed E-state index contributed by atoms with van der Waals surface area (Å²) in [6.45, 7) is 3.84. The van der Waals surface area contributed by atoms with Crippen molar-refractivity contribution >= 4 is 5.69 Å². The molecule has 1 spiro atoms. The Morgan fingerprint density at radius 3 is 2.60 bits per heavy atom. The fraction of sp³-hybridized carbons (Fsp3) is 0.417. The lowest BCUT2D eigenvalue weighted by atomic mass is 9.77. The molecule has 0 unspecified atom stereocenters. The first-order chi connectivity index (χ1) is 7.33. The summed E-state index contributed by atoms with van der Waals surface area (Å²) in [5.41, 5.74) is 2.24. The maximum absolute atomic E-state index is 8.99. The first kappa shape index (κ1) is 8.75. The number of hydrogen-bond donors (Lipinski definition) is 0. The van der Waals surface area contributed by atoms with Crippen molar-refractivity contribution in [2.45, 2.75) is 0 Å². The van der Waals surface area contributed by atoms with Crippen LogP contribution in [0.3, 0.4) is 0 Å². The van der Waals surface area contributed by atoms with Gasteiger partial charge in [-0.05, 0) is 12.1 Å². The third kappa shape index (κ3) is 1.22. The van der Waals surface area contributed by atoms with Crippen LogP contribution in [0.5, 0.6) is 0 Å². The van der Waals surface area contributed by atoms with Gasteiger partial charge >= 0.3 is 0 Å². The average Bonchev–Trinajstić information content (AvgIpc) is 2.14. The van der Waals surface area contributed by atoms with Crippen LogP contribution in [0, 0.1) is 16.7 Å². The summed E-state index contributed by atoms with van der Waals surface area (Å²) >= 11 is 0. The Morgan fingerprint density at radius 1 is 1.27 bits per heavy atom. The summed E-state index contributed by atoms with van der Waals surface area (Å²) < 4.78 is 5.23. The lowest BCUT2D eigenvalue weighted by Gasteiger charge is -2.56. The van der Waals surface area contributed by atoms with Crippen molar-refractivity contribution in [2.24, 2.45) is 5.41 Å². The normalized spacial score (nSPS) is 21.7. The van der Waals surface area contributed by atoms with Gasteiger partial charge in [-0.15, -0.1) is 0 Å². The molecule has 0 amide bonds. The van der Waals surface area contributed by atoms with Crippen LogP contribution >= 0.6 is 0 Å². The van der Waals surface area contributed by atoms with Gasteiger partial charge in [-0.25, -0.2) is 0 Å². The van der Waals surface area contributed by atoms with Crippen LogP contribution in [0.15, 0.2) is 24.3 Å². The second-order valence-electron chi connectivity index (χ2n) is 4.48. The third-order valence-corrected chi connectivity index (χ3v) is 3.23. The number of hydrogen-bond acceptors (Lipinski definition) is 3. The molecule has 0 bridgehead atoms. The molecule has 0 aliphatic carbocycles. The molecule has 3 heteroatoms. The molecule has 2 heterocycles. The van der Waals surface area contributed by atoms with E-state index in [1.165, 1.54) is 0 Å². The van der Waals surface area contributed by atoms with E-state index >= 15 is 0 Å². The van der Waals surface area contributed by atoms with Crippen molar-refractivity contribution in [1.82, 2.24) is 0 Å². The van der Waals surface area contributed by atoms with Gasteiger partial charge < -0.3 is 9.64 Å². The number of ether oxygens (including phenoxy) is 1. The largest absolute Gasteiger partial charge is 0.380 e. The predicted octanol–water partition coefficient (Wildman–Crippen LogP) is 1.39. The second kappa shape index (κ2) is 2.98. The summed E-state index contributed by atoms with van der Waals surface area (Å²) in [6, 6.07) is 10.0. The first-order valence-electron chi connectivity index (χ1n) is 5.15. The number of benzene rings is 1. The number of para-hydroxylation sites is 1.